The van der Waals surface area contributed by atoms with Crippen molar-refractivity contribution in [2.45, 2.75) is 0 Å². The molecule has 0 amide bonds. The van der Waals surface area contributed by atoms with Crippen LogP contribution in [0.15, 0.2) is 182 Å². The van der Waals surface area contributed by atoms with E-state index in [0.717, 1.165) is 46.3 Å². The maximum Gasteiger partial charge on any atom is 0.151 e. The molecular weight excluding hydrogens is 737 g/mol. The minimum atomic E-state index is -0.796. The summed E-state index contributed by atoms with van der Waals surface area (Å²) >= 11 is 0. The molecule has 4 nitrogen and oxygen atoms in total. The first-order valence-electron chi connectivity index (χ1n) is 18.6. The first-order valence-corrected chi connectivity index (χ1v) is 18.6. The summed E-state index contributed by atoms with van der Waals surface area (Å²) < 4.78 is 73.1. The summed E-state index contributed by atoms with van der Waals surface area (Å²) in [6.07, 6.45) is 0. The number of hydrogen-bond acceptors (Lipinski definition) is 4. The Morgan fingerprint density at radius 3 is 0.879 bits per heavy atom. The Bertz CT molecular complexity index is 2580. The smallest absolute Gasteiger partial charge is 0.151 e. The number of anilines is 6. The lowest BCUT2D eigenvalue weighted by atomic mass is 9.85. The molecule has 58 heavy (non-hydrogen) atoms. The van der Waals surface area contributed by atoms with Crippen LogP contribution in [0.4, 0.5) is 51.7 Å². The fraction of sp³-hybridized carbons (Fsp3) is 0. The highest BCUT2D eigenvalue weighted by Crippen LogP contribution is 2.52. The van der Waals surface area contributed by atoms with Gasteiger partial charge in [-0.05, 0) is 130 Å². The molecule has 0 radical (unpaired) electrons. The van der Waals surface area contributed by atoms with Crippen LogP contribution >= 0.6 is 0 Å². The summed E-state index contributed by atoms with van der Waals surface area (Å²) in [7, 11) is 0. The van der Waals surface area contributed by atoms with Gasteiger partial charge in [-0.2, -0.15) is 0 Å². The number of benzene rings is 8. The molecule has 0 atom stereocenters. The van der Waals surface area contributed by atoms with Crippen molar-refractivity contribution < 1.29 is 27.0 Å². The van der Waals surface area contributed by atoms with Gasteiger partial charge in [-0.3, -0.25) is 0 Å². The van der Waals surface area contributed by atoms with Crippen molar-refractivity contribution in [3.63, 3.8) is 0 Å². The number of nitrogens with zero attached hydrogens (tertiary/aromatic N) is 2. The number of rotatable bonds is 6. The molecule has 0 N–H and O–H groups in total. The van der Waals surface area contributed by atoms with Gasteiger partial charge in [0.2, 0.25) is 0 Å². The van der Waals surface area contributed by atoms with Gasteiger partial charge < -0.3 is 19.3 Å². The molecule has 0 aromatic heterocycles. The zero-order valence-electron chi connectivity index (χ0n) is 30.5. The fourth-order valence-corrected chi connectivity index (χ4v) is 7.83. The molecule has 0 unspecified atom stereocenters. The predicted octanol–water partition coefficient (Wildman–Crippen LogP) is 14.4. The molecule has 0 aliphatic carbocycles. The Morgan fingerprint density at radius 1 is 0.310 bits per heavy atom. The first kappa shape index (κ1) is 34.9. The lowest BCUT2D eigenvalue weighted by Gasteiger charge is -2.33. The minimum Gasteiger partial charge on any atom is -0.453 e. The van der Waals surface area contributed by atoms with Gasteiger partial charge >= 0.3 is 0 Å². The van der Waals surface area contributed by atoms with Crippen molar-refractivity contribution in [3.05, 3.63) is 228 Å². The Balaban J connectivity index is 1.17. The van der Waals surface area contributed by atoms with Gasteiger partial charge in [0, 0.05) is 23.5 Å². The highest BCUT2D eigenvalue weighted by molar-refractivity contribution is 6.05. The van der Waals surface area contributed by atoms with Crippen molar-refractivity contribution in [2.75, 3.05) is 9.80 Å². The number of para-hydroxylation sites is 8. The van der Waals surface area contributed by atoms with Crippen molar-refractivity contribution in [2.24, 2.45) is 0 Å². The van der Waals surface area contributed by atoms with Crippen molar-refractivity contribution >= 4 is 45.3 Å². The molecule has 8 aromatic rings. The monoisotopic (exact) mass is 766 g/mol. The van der Waals surface area contributed by atoms with Crippen molar-refractivity contribution in [1.29, 1.82) is 0 Å². The van der Waals surface area contributed by atoms with Crippen LogP contribution in [-0.2, 0) is 0 Å². The third-order valence-electron chi connectivity index (χ3n) is 10.2. The molecule has 8 aromatic carbocycles. The van der Waals surface area contributed by atoms with E-state index in [1.54, 1.807) is 0 Å². The summed E-state index contributed by atoms with van der Waals surface area (Å²) in [6, 6.07) is 52.4. The van der Waals surface area contributed by atoms with E-state index in [9.17, 15) is 0 Å². The first-order chi connectivity index (χ1) is 28.4. The lowest BCUT2D eigenvalue weighted by Crippen LogP contribution is -2.15. The maximum atomic E-state index is 15.2. The topological polar surface area (TPSA) is 24.9 Å². The third kappa shape index (κ3) is 6.21. The predicted molar refractivity (Wildman–Crippen MR) is 220 cm³/mol. The van der Waals surface area contributed by atoms with E-state index in [4.69, 9.17) is 9.47 Å². The van der Waals surface area contributed by atoms with Crippen LogP contribution in [-0.4, -0.2) is 0 Å². The van der Waals surface area contributed by atoms with E-state index in [1.807, 2.05) is 146 Å². The van der Waals surface area contributed by atoms with Gasteiger partial charge in [0.15, 0.2) is 23.0 Å². The standard InChI is InChI=1S/C50H30F4N2O2/c51-35-25-33(26-36(52)29-35)49(31-17-21-39(22-18-31)55-41-9-1-5-13-45(41)57-46-14-6-2-10-42(46)55)50(34-27-37(53)30-38(54)28-34)32-19-23-40(24-20-32)56-43-11-3-7-15-47(43)58-48-16-8-4-12-44(48)56/h1-30H/b50-49+. The third-order valence-corrected chi connectivity index (χ3v) is 10.2. The Labute approximate surface area is 331 Å². The summed E-state index contributed by atoms with van der Waals surface area (Å²) in [5, 5.41) is 0. The van der Waals surface area contributed by atoms with E-state index < -0.39 is 23.3 Å². The Hall–Kier alpha value is -7.58. The van der Waals surface area contributed by atoms with Gasteiger partial charge in [0.25, 0.3) is 0 Å². The number of halogens is 4. The van der Waals surface area contributed by atoms with Crippen LogP contribution in [0.3, 0.4) is 0 Å². The number of ether oxygens (including phenoxy) is 2. The molecule has 0 saturated heterocycles. The van der Waals surface area contributed by atoms with Crippen LogP contribution in [0.1, 0.15) is 22.3 Å². The van der Waals surface area contributed by atoms with E-state index in [-0.39, 0.29) is 11.1 Å². The highest BCUT2D eigenvalue weighted by Gasteiger charge is 2.28. The molecule has 0 fully saturated rings. The maximum absolute atomic E-state index is 15.2. The van der Waals surface area contributed by atoms with E-state index >= 15 is 17.6 Å². The van der Waals surface area contributed by atoms with Crippen LogP contribution in [0.5, 0.6) is 23.0 Å². The van der Waals surface area contributed by atoms with Gasteiger partial charge in [-0.1, -0.05) is 72.8 Å². The molecule has 10 rings (SSSR count). The summed E-state index contributed by atoms with van der Waals surface area (Å²) in [6.45, 7) is 0. The lowest BCUT2D eigenvalue weighted by molar-refractivity contribution is 0.477. The van der Waals surface area contributed by atoms with Gasteiger partial charge in [0.05, 0.1) is 22.7 Å². The second-order valence-corrected chi connectivity index (χ2v) is 13.9. The fourth-order valence-electron chi connectivity index (χ4n) is 7.83. The average Bonchev–Trinajstić information content (AvgIpc) is 3.23. The molecule has 2 aliphatic rings. The summed E-state index contributed by atoms with van der Waals surface area (Å²) in [4.78, 5) is 4.15. The molecule has 0 spiro atoms. The van der Waals surface area contributed by atoms with E-state index in [2.05, 4.69) is 9.80 Å². The molecule has 2 aliphatic heterocycles. The second-order valence-electron chi connectivity index (χ2n) is 13.9. The molecule has 280 valence electrons. The molecule has 0 saturated carbocycles. The van der Waals surface area contributed by atoms with Crippen LogP contribution in [0.2, 0.25) is 0 Å². The largest absolute Gasteiger partial charge is 0.453 e. The average molecular weight is 767 g/mol. The zero-order chi connectivity index (χ0) is 39.3. The van der Waals surface area contributed by atoms with Crippen molar-refractivity contribution in [3.8, 4) is 23.0 Å². The van der Waals surface area contributed by atoms with Crippen LogP contribution < -0.4 is 19.3 Å². The summed E-state index contributed by atoms with van der Waals surface area (Å²) in [5.41, 5.74) is 7.15. The zero-order valence-corrected chi connectivity index (χ0v) is 30.5. The quantitative estimate of drug-likeness (QED) is 0.124. The normalized spacial score (nSPS) is 13.0. The molecule has 0 bridgehead atoms. The number of fused-ring (bicyclic) bond motifs is 4. The Kier molecular flexibility index (Phi) is 8.52. The second kappa shape index (κ2) is 14.2. The minimum absolute atomic E-state index is 0.187. The van der Waals surface area contributed by atoms with Crippen LogP contribution in [0, 0.1) is 23.3 Å². The highest BCUT2D eigenvalue weighted by atomic mass is 19.1. The van der Waals surface area contributed by atoms with E-state index in [0.29, 0.717) is 45.3 Å². The molecule has 8 heteroatoms. The van der Waals surface area contributed by atoms with Crippen LogP contribution in [0.25, 0.3) is 11.1 Å². The molecular formula is C50H30F4N2O2. The molecule has 2 heterocycles. The van der Waals surface area contributed by atoms with E-state index in [1.165, 1.54) is 24.3 Å². The Morgan fingerprint density at radius 2 is 0.586 bits per heavy atom. The SMILES string of the molecule is Fc1cc(F)cc(/C(=C(\c2ccc(N3c4ccccc4Oc4ccccc43)cc2)c2cc(F)cc(F)c2)c2ccc(N3c4ccccc4Oc4ccccc43)cc2)c1. The van der Waals surface area contributed by atoms with Gasteiger partial charge in [0.1, 0.15) is 23.3 Å². The van der Waals surface area contributed by atoms with Gasteiger partial charge in [-0.25, -0.2) is 17.6 Å². The number of hydrogen-bond donors (Lipinski definition) is 0. The summed E-state index contributed by atoms with van der Waals surface area (Å²) in [5.74, 6) is -0.447. The van der Waals surface area contributed by atoms with Gasteiger partial charge in [-0.15, -0.1) is 0 Å². The van der Waals surface area contributed by atoms with Crippen molar-refractivity contribution in [1.82, 2.24) is 0 Å².